The van der Waals surface area contributed by atoms with Crippen molar-refractivity contribution in [1.82, 2.24) is 9.88 Å². The monoisotopic (exact) mass is 491 g/mol. The van der Waals surface area contributed by atoms with Gasteiger partial charge in [0.05, 0.1) is 33.4 Å². The van der Waals surface area contributed by atoms with Crippen molar-refractivity contribution >= 4 is 28.4 Å². The highest BCUT2D eigenvalue weighted by Gasteiger charge is 2.49. The Labute approximate surface area is 211 Å². The molecule has 1 unspecified atom stereocenters. The molecule has 36 heavy (non-hydrogen) atoms. The van der Waals surface area contributed by atoms with E-state index < -0.39 is 5.54 Å². The molecule has 0 saturated heterocycles. The van der Waals surface area contributed by atoms with Crippen molar-refractivity contribution in [2.75, 3.05) is 26.2 Å². The number of carbonyl (C=O) groups is 2. The van der Waals surface area contributed by atoms with Crippen molar-refractivity contribution in [3.05, 3.63) is 48.2 Å². The molecule has 1 N–H and O–H groups in total. The highest BCUT2D eigenvalue weighted by atomic mass is 16.5. The van der Waals surface area contributed by atoms with Crippen molar-refractivity contribution in [2.24, 2.45) is 0 Å². The van der Waals surface area contributed by atoms with Crippen LogP contribution in [-0.4, -0.2) is 49.3 Å². The van der Waals surface area contributed by atoms with Crippen LogP contribution in [0.15, 0.2) is 42.5 Å². The van der Waals surface area contributed by atoms with E-state index in [9.17, 15) is 9.59 Å². The Morgan fingerprint density at radius 1 is 0.944 bits per heavy atom. The van der Waals surface area contributed by atoms with E-state index in [0.717, 1.165) is 36.6 Å². The molecule has 2 aromatic carbocycles. The molecule has 1 aromatic heterocycles. The van der Waals surface area contributed by atoms with Crippen LogP contribution >= 0.6 is 0 Å². The quantitative estimate of drug-likeness (QED) is 0.548. The minimum atomic E-state index is -1.17. The number of ether oxygens (including phenoxy) is 3. The van der Waals surface area contributed by atoms with Gasteiger partial charge in [0.15, 0.2) is 11.5 Å². The Balaban J connectivity index is 1.64. The first-order chi connectivity index (χ1) is 17.4. The molecule has 5 rings (SSSR count). The summed E-state index contributed by atoms with van der Waals surface area (Å²) in [5, 5.41) is 4.19. The Morgan fingerprint density at radius 2 is 1.69 bits per heavy atom. The molecule has 190 valence electrons. The molecule has 0 radical (unpaired) electrons. The third-order valence-electron chi connectivity index (χ3n) is 7.55. The zero-order chi connectivity index (χ0) is 25.4. The predicted molar refractivity (Wildman–Crippen MR) is 138 cm³/mol. The summed E-state index contributed by atoms with van der Waals surface area (Å²) < 4.78 is 18.3. The second-order valence-corrected chi connectivity index (χ2v) is 9.80. The second-order valence-electron chi connectivity index (χ2n) is 9.80. The molecule has 3 aromatic rings. The molecule has 2 aliphatic rings. The van der Waals surface area contributed by atoms with Crippen molar-refractivity contribution in [1.29, 1.82) is 0 Å². The van der Waals surface area contributed by atoms with Crippen LogP contribution in [0.25, 0.3) is 10.9 Å². The molecule has 1 aliphatic heterocycles. The fraction of sp³-hybridized carbons (Fsp3) is 0.429. The second kappa shape index (κ2) is 9.41. The summed E-state index contributed by atoms with van der Waals surface area (Å²) in [6.45, 7) is 2.15. The van der Waals surface area contributed by atoms with Crippen LogP contribution in [0.1, 0.15) is 49.5 Å². The summed E-state index contributed by atoms with van der Waals surface area (Å²) in [7, 11) is 4.74. The van der Waals surface area contributed by atoms with Gasteiger partial charge < -0.3 is 24.1 Å². The lowest BCUT2D eigenvalue weighted by molar-refractivity contribution is -0.127. The van der Waals surface area contributed by atoms with E-state index in [4.69, 9.17) is 14.2 Å². The number of amides is 2. The molecule has 2 heterocycles. The number of methoxy groups -OCH3 is 3. The molecule has 2 amide bonds. The fourth-order valence-corrected chi connectivity index (χ4v) is 5.55. The van der Waals surface area contributed by atoms with Crippen LogP contribution in [0.5, 0.6) is 17.2 Å². The zero-order valence-electron chi connectivity index (χ0n) is 21.3. The Morgan fingerprint density at radius 3 is 2.39 bits per heavy atom. The average molecular weight is 492 g/mol. The first kappa shape index (κ1) is 24.0. The SMILES string of the molecule is COc1ccc2cc3n(c2c1)CC(C)(C(=O)NC1CCCCC1)N(c1ccc(OC)c(OC)c1)C3=O. The average Bonchev–Trinajstić information content (AvgIpc) is 3.26. The lowest BCUT2D eigenvalue weighted by Gasteiger charge is -2.44. The Kier molecular flexibility index (Phi) is 6.28. The number of nitrogens with one attached hydrogen (secondary N) is 1. The third kappa shape index (κ3) is 3.94. The van der Waals surface area contributed by atoms with Gasteiger partial charge in [-0.1, -0.05) is 19.3 Å². The van der Waals surface area contributed by atoms with Crippen LogP contribution < -0.4 is 24.4 Å². The summed E-state index contributed by atoms with van der Waals surface area (Å²) >= 11 is 0. The molecule has 1 fully saturated rings. The van der Waals surface area contributed by atoms with E-state index >= 15 is 0 Å². The maximum atomic E-state index is 14.1. The summed E-state index contributed by atoms with van der Waals surface area (Å²) in [5.41, 5.74) is 0.793. The number of rotatable bonds is 6. The maximum Gasteiger partial charge on any atom is 0.275 e. The highest BCUT2D eigenvalue weighted by Crippen LogP contribution is 2.40. The minimum Gasteiger partial charge on any atom is -0.497 e. The number of aromatic nitrogens is 1. The molecular formula is C28H33N3O5. The Bertz CT molecular complexity index is 1310. The van der Waals surface area contributed by atoms with Gasteiger partial charge in [-0.05, 0) is 50.1 Å². The molecule has 1 aliphatic carbocycles. The van der Waals surface area contributed by atoms with E-state index in [0.29, 0.717) is 35.2 Å². The van der Waals surface area contributed by atoms with Crippen molar-refractivity contribution in [3.63, 3.8) is 0 Å². The van der Waals surface area contributed by atoms with Crippen LogP contribution in [0.2, 0.25) is 0 Å². The van der Waals surface area contributed by atoms with E-state index in [1.54, 1.807) is 44.4 Å². The maximum absolute atomic E-state index is 14.1. The van der Waals surface area contributed by atoms with Gasteiger partial charge >= 0.3 is 0 Å². The van der Waals surface area contributed by atoms with Crippen LogP contribution in [-0.2, 0) is 11.3 Å². The smallest absolute Gasteiger partial charge is 0.275 e. The van der Waals surface area contributed by atoms with Gasteiger partial charge in [-0.15, -0.1) is 0 Å². The number of hydrogen-bond donors (Lipinski definition) is 1. The van der Waals surface area contributed by atoms with Gasteiger partial charge in [-0.25, -0.2) is 0 Å². The van der Waals surface area contributed by atoms with Gasteiger partial charge in [0.1, 0.15) is 17.0 Å². The lowest BCUT2D eigenvalue weighted by atomic mass is 9.91. The normalized spacial score (nSPS) is 20.2. The molecule has 1 saturated carbocycles. The first-order valence-corrected chi connectivity index (χ1v) is 12.4. The van der Waals surface area contributed by atoms with E-state index in [1.807, 2.05) is 35.8 Å². The standard InChI is InChI=1S/C28H33N3O5/c1-28(27(33)29-19-8-6-5-7-9-19)17-30-22-16-21(34-2)12-10-18(22)14-23(30)26(32)31(28)20-11-13-24(35-3)25(15-20)36-4/h10-16,19H,5-9,17H2,1-4H3,(H,29,33). The van der Waals surface area contributed by atoms with Crippen molar-refractivity contribution < 1.29 is 23.8 Å². The third-order valence-corrected chi connectivity index (χ3v) is 7.55. The van der Waals surface area contributed by atoms with Crippen LogP contribution in [0, 0.1) is 0 Å². The van der Waals surface area contributed by atoms with E-state index in [2.05, 4.69) is 5.32 Å². The largest absolute Gasteiger partial charge is 0.497 e. The van der Waals surface area contributed by atoms with Gasteiger partial charge in [-0.2, -0.15) is 0 Å². The number of hydrogen-bond acceptors (Lipinski definition) is 5. The van der Waals surface area contributed by atoms with Gasteiger partial charge in [0.2, 0.25) is 5.91 Å². The van der Waals surface area contributed by atoms with Crippen molar-refractivity contribution in [2.45, 2.75) is 57.2 Å². The number of fused-ring (bicyclic) bond motifs is 3. The van der Waals surface area contributed by atoms with Gasteiger partial charge in [0, 0.05) is 29.2 Å². The Hall–Kier alpha value is -3.68. The number of benzene rings is 2. The summed E-state index contributed by atoms with van der Waals surface area (Å²) in [6.07, 6.45) is 5.32. The molecule has 0 bridgehead atoms. The first-order valence-electron chi connectivity index (χ1n) is 12.4. The summed E-state index contributed by atoms with van der Waals surface area (Å²) in [5.74, 6) is 1.35. The summed E-state index contributed by atoms with van der Waals surface area (Å²) in [6, 6.07) is 13.0. The van der Waals surface area contributed by atoms with Crippen molar-refractivity contribution in [3.8, 4) is 17.2 Å². The lowest BCUT2D eigenvalue weighted by Crippen LogP contribution is -2.65. The van der Waals surface area contributed by atoms with Gasteiger partial charge in [0.25, 0.3) is 5.91 Å². The van der Waals surface area contributed by atoms with Gasteiger partial charge in [-0.3, -0.25) is 14.5 Å². The van der Waals surface area contributed by atoms with E-state index in [-0.39, 0.29) is 17.9 Å². The fourth-order valence-electron chi connectivity index (χ4n) is 5.55. The van der Waals surface area contributed by atoms with Crippen LogP contribution in [0.4, 0.5) is 5.69 Å². The predicted octanol–water partition coefficient (Wildman–Crippen LogP) is 4.54. The highest BCUT2D eigenvalue weighted by molar-refractivity contribution is 6.14. The molecule has 0 spiro atoms. The zero-order valence-corrected chi connectivity index (χ0v) is 21.3. The number of anilines is 1. The number of carbonyl (C=O) groups excluding carboxylic acids is 2. The topological polar surface area (TPSA) is 82.0 Å². The molecule has 8 heteroatoms. The number of nitrogens with zero attached hydrogens (tertiary/aromatic N) is 2. The summed E-state index contributed by atoms with van der Waals surface area (Å²) in [4.78, 5) is 29.7. The van der Waals surface area contributed by atoms with E-state index in [1.165, 1.54) is 6.42 Å². The van der Waals surface area contributed by atoms with Crippen LogP contribution in [0.3, 0.4) is 0 Å². The molecular weight excluding hydrogens is 458 g/mol. The molecule has 8 nitrogen and oxygen atoms in total. The minimum absolute atomic E-state index is 0.119. The molecule has 1 atom stereocenters.